The summed E-state index contributed by atoms with van der Waals surface area (Å²) in [5, 5.41) is 16.0. The smallest absolute Gasteiger partial charge is 0.240 e. The zero-order valence-electron chi connectivity index (χ0n) is 15.0. The largest absolute Gasteiger partial charge is 0.393 e. The molecule has 3 rings (SSSR count). The van der Waals surface area contributed by atoms with E-state index >= 15 is 0 Å². The quantitative estimate of drug-likeness (QED) is 0.779. The van der Waals surface area contributed by atoms with Crippen molar-refractivity contribution in [1.82, 2.24) is 10.6 Å². The second-order valence-electron chi connectivity index (χ2n) is 7.48. The molecule has 2 unspecified atom stereocenters. The molecule has 138 valence electrons. The molecule has 1 aromatic carbocycles. The first-order valence-corrected chi connectivity index (χ1v) is 9.17. The number of rotatable bonds is 4. The van der Waals surface area contributed by atoms with Crippen LogP contribution < -0.4 is 15.5 Å². The van der Waals surface area contributed by atoms with Crippen molar-refractivity contribution in [2.75, 3.05) is 24.5 Å². The lowest BCUT2D eigenvalue weighted by Crippen LogP contribution is -2.51. The number of amides is 1. The molecule has 0 aliphatic carbocycles. The number of aliphatic hydroxyl groups is 1. The van der Waals surface area contributed by atoms with Crippen molar-refractivity contribution in [3.63, 3.8) is 0 Å². The van der Waals surface area contributed by atoms with E-state index in [0.29, 0.717) is 12.8 Å². The van der Waals surface area contributed by atoms with E-state index in [1.54, 1.807) is 6.07 Å². The maximum atomic E-state index is 13.9. The molecule has 2 aliphatic heterocycles. The first kappa shape index (κ1) is 18.1. The third kappa shape index (κ3) is 3.96. The van der Waals surface area contributed by atoms with E-state index in [0.717, 1.165) is 43.7 Å². The van der Waals surface area contributed by atoms with Crippen LogP contribution in [-0.4, -0.2) is 42.3 Å². The van der Waals surface area contributed by atoms with Crippen LogP contribution in [0.1, 0.15) is 51.1 Å². The molecule has 0 spiro atoms. The van der Waals surface area contributed by atoms with E-state index in [2.05, 4.69) is 15.5 Å². The average Bonchev–Trinajstić information content (AvgIpc) is 3.04. The Labute approximate surface area is 148 Å². The fraction of sp³-hybridized carbons (Fsp3) is 0.632. The van der Waals surface area contributed by atoms with E-state index in [4.69, 9.17) is 0 Å². The molecule has 2 aliphatic rings. The van der Waals surface area contributed by atoms with Gasteiger partial charge in [0.2, 0.25) is 5.91 Å². The second-order valence-corrected chi connectivity index (χ2v) is 7.48. The summed E-state index contributed by atoms with van der Waals surface area (Å²) < 4.78 is 13.9. The van der Waals surface area contributed by atoms with Gasteiger partial charge in [-0.3, -0.25) is 4.79 Å². The van der Waals surface area contributed by atoms with Crippen LogP contribution >= 0.6 is 0 Å². The molecular formula is C19H28FN3O2. The van der Waals surface area contributed by atoms with Gasteiger partial charge in [0.1, 0.15) is 5.82 Å². The summed E-state index contributed by atoms with van der Waals surface area (Å²) in [5.74, 6) is -0.344. The number of hydrogen-bond donors (Lipinski definition) is 3. The molecule has 0 saturated carbocycles. The Kier molecular flexibility index (Phi) is 5.29. The van der Waals surface area contributed by atoms with Gasteiger partial charge in [-0.15, -0.1) is 0 Å². The standard InChI is InChI=1S/C19H28FN3O2/c1-13(22-18(25)19(2)8-3-9-21-19)16-12-14(20)4-5-17(16)23-10-6-15(24)7-11-23/h4-5,12-13,15,21,24H,3,6-11H2,1-2H3,(H,22,25). The van der Waals surface area contributed by atoms with Crippen LogP contribution in [-0.2, 0) is 4.79 Å². The SMILES string of the molecule is CC(NC(=O)C1(C)CCCN1)c1cc(F)ccc1N1CCC(O)CC1. The van der Waals surface area contributed by atoms with Crippen molar-refractivity contribution in [2.45, 2.75) is 57.2 Å². The van der Waals surface area contributed by atoms with Gasteiger partial charge in [-0.05, 0) is 64.3 Å². The number of aliphatic hydroxyl groups excluding tert-OH is 1. The minimum absolute atomic E-state index is 0.0400. The molecule has 0 aromatic heterocycles. The first-order chi connectivity index (χ1) is 11.9. The van der Waals surface area contributed by atoms with Gasteiger partial charge in [-0.2, -0.15) is 0 Å². The monoisotopic (exact) mass is 349 g/mol. The van der Waals surface area contributed by atoms with Gasteiger partial charge in [0.25, 0.3) is 0 Å². The van der Waals surface area contributed by atoms with E-state index in [-0.39, 0.29) is 23.9 Å². The lowest BCUT2D eigenvalue weighted by atomic mass is 9.97. The van der Waals surface area contributed by atoms with Crippen molar-refractivity contribution in [3.8, 4) is 0 Å². The predicted octanol–water partition coefficient (Wildman–Crippen LogP) is 2.11. The topological polar surface area (TPSA) is 64.6 Å². The Hall–Kier alpha value is -1.66. The number of benzene rings is 1. The maximum absolute atomic E-state index is 13.9. The summed E-state index contributed by atoms with van der Waals surface area (Å²) in [6.07, 6.45) is 2.95. The van der Waals surface area contributed by atoms with Crippen molar-refractivity contribution in [1.29, 1.82) is 0 Å². The maximum Gasteiger partial charge on any atom is 0.240 e. The normalized spacial score (nSPS) is 25.8. The van der Waals surface area contributed by atoms with Crippen LogP contribution in [0.5, 0.6) is 0 Å². The van der Waals surface area contributed by atoms with Gasteiger partial charge in [0.15, 0.2) is 0 Å². The Bertz CT molecular complexity index is 623. The summed E-state index contributed by atoms with van der Waals surface area (Å²) in [6, 6.07) is 4.46. The van der Waals surface area contributed by atoms with Crippen molar-refractivity contribution < 1.29 is 14.3 Å². The van der Waals surface area contributed by atoms with Crippen molar-refractivity contribution in [3.05, 3.63) is 29.6 Å². The fourth-order valence-electron chi connectivity index (χ4n) is 3.79. The van der Waals surface area contributed by atoms with Crippen molar-refractivity contribution in [2.24, 2.45) is 0 Å². The van der Waals surface area contributed by atoms with E-state index < -0.39 is 5.54 Å². The number of halogens is 1. The highest BCUT2D eigenvalue weighted by Crippen LogP contribution is 2.30. The lowest BCUT2D eigenvalue weighted by molar-refractivity contribution is -0.127. The molecular weight excluding hydrogens is 321 g/mol. The van der Waals surface area contributed by atoms with Gasteiger partial charge < -0.3 is 20.6 Å². The molecule has 0 radical (unpaired) electrons. The van der Waals surface area contributed by atoms with Crippen LogP contribution in [0.3, 0.4) is 0 Å². The van der Waals surface area contributed by atoms with Gasteiger partial charge in [-0.25, -0.2) is 4.39 Å². The van der Waals surface area contributed by atoms with Gasteiger partial charge in [0.05, 0.1) is 17.7 Å². The van der Waals surface area contributed by atoms with E-state index in [9.17, 15) is 14.3 Å². The molecule has 25 heavy (non-hydrogen) atoms. The summed E-state index contributed by atoms with van der Waals surface area (Å²) >= 11 is 0. The van der Waals surface area contributed by atoms with Crippen LogP contribution in [0.2, 0.25) is 0 Å². The van der Waals surface area contributed by atoms with Crippen LogP contribution in [0.15, 0.2) is 18.2 Å². The Morgan fingerprint density at radius 3 is 2.80 bits per heavy atom. The van der Waals surface area contributed by atoms with E-state index in [1.807, 2.05) is 13.8 Å². The number of hydrogen-bond acceptors (Lipinski definition) is 4. The van der Waals surface area contributed by atoms with Crippen LogP contribution in [0.25, 0.3) is 0 Å². The van der Waals surface area contributed by atoms with E-state index in [1.165, 1.54) is 12.1 Å². The number of piperidine rings is 1. The van der Waals surface area contributed by atoms with Gasteiger partial charge in [-0.1, -0.05) is 0 Å². The first-order valence-electron chi connectivity index (χ1n) is 9.17. The zero-order valence-corrected chi connectivity index (χ0v) is 15.0. The number of nitrogens with one attached hydrogen (secondary N) is 2. The number of carbonyl (C=O) groups is 1. The third-order valence-corrected chi connectivity index (χ3v) is 5.48. The summed E-state index contributed by atoms with van der Waals surface area (Å²) in [5.41, 5.74) is 1.17. The molecule has 2 saturated heterocycles. The second kappa shape index (κ2) is 7.30. The highest BCUT2D eigenvalue weighted by Gasteiger charge is 2.36. The Morgan fingerprint density at radius 1 is 1.44 bits per heavy atom. The predicted molar refractivity (Wildman–Crippen MR) is 96.1 cm³/mol. The molecule has 5 nitrogen and oxygen atoms in total. The number of anilines is 1. The van der Waals surface area contributed by atoms with Gasteiger partial charge >= 0.3 is 0 Å². The molecule has 3 N–H and O–H groups in total. The summed E-state index contributed by atoms with van der Waals surface area (Å²) in [4.78, 5) is 14.8. The Morgan fingerprint density at radius 2 is 2.16 bits per heavy atom. The lowest BCUT2D eigenvalue weighted by Gasteiger charge is -2.34. The molecule has 2 heterocycles. The van der Waals surface area contributed by atoms with Gasteiger partial charge in [0, 0.05) is 24.3 Å². The minimum atomic E-state index is -0.545. The Balaban J connectivity index is 1.78. The fourth-order valence-corrected chi connectivity index (χ4v) is 3.79. The average molecular weight is 349 g/mol. The van der Waals surface area contributed by atoms with Crippen LogP contribution in [0, 0.1) is 5.82 Å². The molecule has 2 fully saturated rings. The zero-order chi connectivity index (χ0) is 18.0. The highest BCUT2D eigenvalue weighted by molar-refractivity contribution is 5.86. The molecule has 6 heteroatoms. The molecule has 0 bridgehead atoms. The van der Waals surface area contributed by atoms with Crippen LogP contribution in [0.4, 0.5) is 10.1 Å². The number of nitrogens with zero attached hydrogens (tertiary/aromatic N) is 1. The minimum Gasteiger partial charge on any atom is -0.393 e. The highest BCUT2D eigenvalue weighted by atomic mass is 19.1. The number of carbonyl (C=O) groups excluding carboxylic acids is 1. The summed E-state index contributed by atoms with van der Waals surface area (Å²) in [6.45, 7) is 6.13. The third-order valence-electron chi connectivity index (χ3n) is 5.48. The summed E-state index contributed by atoms with van der Waals surface area (Å²) in [7, 11) is 0. The molecule has 2 atom stereocenters. The van der Waals surface area contributed by atoms with Crippen molar-refractivity contribution >= 4 is 11.6 Å². The molecule has 1 aromatic rings. The molecule has 1 amide bonds.